The number of rotatable bonds is 12. The van der Waals surface area contributed by atoms with Gasteiger partial charge in [0.05, 0.1) is 23.7 Å². The second-order valence-electron chi connectivity index (χ2n) is 9.60. The van der Waals surface area contributed by atoms with Crippen molar-refractivity contribution in [1.82, 2.24) is 19.6 Å². The summed E-state index contributed by atoms with van der Waals surface area (Å²) < 4.78 is 33.7. The van der Waals surface area contributed by atoms with E-state index in [1.165, 1.54) is 0 Å². The minimum Gasteiger partial charge on any atom is -0.413 e. The fourth-order valence-corrected chi connectivity index (χ4v) is 5.96. The molecule has 0 saturated heterocycles. The number of halogens is 1. The smallest absolute Gasteiger partial charge is 0.413 e. The van der Waals surface area contributed by atoms with E-state index in [2.05, 4.69) is 10.1 Å². The molecule has 0 aliphatic carbocycles. The van der Waals surface area contributed by atoms with Gasteiger partial charge < -0.3 is 19.6 Å². The summed E-state index contributed by atoms with van der Waals surface area (Å²) in [4.78, 5) is 9.31. The van der Waals surface area contributed by atoms with Crippen LogP contribution in [0.3, 0.4) is 0 Å². The highest BCUT2D eigenvalue weighted by Gasteiger charge is 2.32. The number of nitrogens with zero attached hydrogens (tertiary/aromatic N) is 3. The van der Waals surface area contributed by atoms with Gasteiger partial charge in [0.15, 0.2) is 5.82 Å². The molecule has 0 spiro atoms. The Kier molecular flexibility index (Phi) is 8.96. The lowest BCUT2D eigenvalue weighted by atomic mass is 10.1. The number of hydrogen-bond acceptors (Lipinski definition) is 7. The third-order valence-electron chi connectivity index (χ3n) is 6.39. The van der Waals surface area contributed by atoms with Gasteiger partial charge in [0.1, 0.15) is 23.7 Å². The number of nitrogen functional groups attached to an aromatic ring is 1. The third kappa shape index (κ3) is 6.30. The van der Waals surface area contributed by atoms with Crippen molar-refractivity contribution in [3.05, 3.63) is 59.4 Å². The first kappa shape index (κ1) is 28.3. The van der Waals surface area contributed by atoms with Gasteiger partial charge in [0, 0.05) is 23.1 Å². The summed E-state index contributed by atoms with van der Waals surface area (Å²) in [5.74, 6) is 1.62. The molecule has 2 aromatic carbocycles. The zero-order chi connectivity index (χ0) is 27.4. The summed E-state index contributed by atoms with van der Waals surface area (Å²) in [6, 6.07) is 14.0. The summed E-state index contributed by atoms with van der Waals surface area (Å²) >= 11 is 6.02. The molecule has 3 atom stereocenters. The van der Waals surface area contributed by atoms with Gasteiger partial charge in [-0.2, -0.15) is 0 Å². The van der Waals surface area contributed by atoms with Crippen LogP contribution >= 0.6 is 19.3 Å². The highest BCUT2D eigenvalue weighted by atomic mass is 35.5. The van der Waals surface area contributed by atoms with Crippen LogP contribution in [-0.2, 0) is 20.4 Å². The van der Waals surface area contributed by atoms with Crippen LogP contribution in [0, 0.1) is 5.92 Å². The van der Waals surface area contributed by atoms with Gasteiger partial charge in [-0.3, -0.25) is 4.52 Å². The van der Waals surface area contributed by atoms with Crippen LogP contribution in [0.25, 0.3) is 21.9 Å². The third-order valence-corrected chi connectivity index (χ3v) is 8.31. The number of hydrogen-bond donors (Lipinski definition) is 2. The number of benzene rings is 2. The first-order valence-electron chi connectivity index (χ1n) is 12.7. The number of nitrogens with two attached hydrogens (primary N) is 1. The van der Waals surface area contributed by atoms with Crippen LogP contribution in [0.2, 0.25) is 5.02 Å². The molecule has 204 valence electrons. The Hall–Kier alpha value is -2.68. The maximum atomic E-state index is 14.0. The Morgan fingerprint density at radius 2 is 1.79 bits per heavy atom. The first-order chi connectivity index (χ1) is 18.1. The van der Waals surface area contributed by atoms with Crippen molar-refractivity contribution < 1.29 is 18.3 Å². The molecule has 0 radical (unpaired) electrons. The van der Waals surface area contributed by atoms with Crippen LogP contribution in [0.5, 0.6) is 5.75 Å². The van der Waals surface area contributed by atoms with E-state index in [1.807, 2.05) is 63.5 Å². The molecule has 0 amide bonds. The second-order valence-corrected chi connectivity index (χ2v) is 11.7. The molecule has 11 heteroatoms. The van der Waals surface area contributed by atoms with E-state index < -0.39 is 7.75 Å². The topological polar surface area (TPSA) is 114 Å². The molecule has 4 aromatic rings. The molecule has 0 bridgehead atoms. The van der Waals surface area contributed by atoms with Crippen molar-refractivity contribution in [2.75, 3.05) is 18.9 Å². The number of pyridine rings is 1. The molecular weight excluding hydrogens is 525 g/mol. The highest BCUT2D eigenvalue weighted by Crippen LogP contribution is 2.46. The summed E-state index contributed by atoms with van der Waals surface area (Å²) in [5, 5.41) is 4.54. The van der Waals surface area contributed by atoms with E-state index in [9.17, 15) is 4.57 Å². The fraction of sp³-hybridized carbons (Fsp3) is 0.407. The zero-order valence-corrected chi connectivity index (χ0v) is 24.0. The van der Waals surface area contributed by atoms with Crippen LogP contribution in [0.4, 0.5) is 5.82 Å². The lowest BCUT2D eigenvalue weighted by molar-refractivity contribution is 0.123. The van der Waals surface area contributed by atoms with Crippen molar-refractivity contribution in [2.24, 2.45) is 5.92 Å². The molecular formula is C27H35ClN5O4P. The molecule has 0 unspecified atom stereocenters. The zero-order valence-electron chi connectivity index (χ0n) is 22.3. The fourth-order valence-electron chi connectivity index (χ4n) is 4.04. The van der Waals surface area contributed by atoms with Crippen LogP contribution in [0.15, 0.2) is 48.5 Å². The van der Waals surface area contributed by atoms with Gasteiger partial charge in [-0.15, -0.1) is 0 Å². The van der Waals surface area contributed by atoms with Gasteiger partial charge >= 0.3 is 7.75 Å². The Morgan fingerprint density at radius 1 is 1.08 bits per heavy atom. The van der Waals surface area contributed by atoms with E-state index in [4.69, 9.17) is 36.1 Å². The maximum absolute atomic E-state index is 14.0. The van der Waals surface area contributed by atoms with Crippen LogP contribution < -0.4 is 15.3 Å². The second kappa shape index (κ2) is 12.0. The Morgan fingerprint density at radius 3 is 2.47 bits per heavy atom. The van der Waals surface area contributed by atoms with Gasteiger partial charge in [-0.25, -0.2) is 19.6 Å². The van der Waals surface area contributed by atoms with Crippen LogP contribution in [0.1, 0.15) is 46.5 Å². The Bertz CT molecular complexity index is 1440. The van der Waals surface area contributed by atoms with E-state index in [0.717, 1.165) is 16.4 Å². The lowest BCUT2D eigenvalue weighted by Gasteiger charge is -2.27. The van der Waals surface area contributed by atoms with Gasteiger partial charge in [-0.1, -0.05) is 43.6 Å². The van der Waals surface area contributed by atoms with Crippen molar-refractivity contribution in [2.45, 2.75) is 53.3 Å². The van der Waals surface area contributed by atoms with Crippen molar-refractivity contribution in [3.8, 4) is 5.75 Å². The number of aromatic nitrogens is 3. The number of para-hydroxylation sites is 1. The van der Waals surface area contributed by atoms with Crippen molar-refractivity contribution in [1.29, 1.82) is 0 Å². The van der Waals surface area contributed by atoms with Gasteiger partial charge in [0.25, 0.3) is 0 Å². The molecule has 0 aliphatic rings. The highest BCUT2D eigenvalue weighted by molar-refractivity contribution is 7.52. The molecule has 9 nitrogen and oxygen atoms in total. The molecule has 0 aliphatic heterocycles. The number of imidazole rings is 1. The van der Waals surface area contributed by atoms with Crippen molar-refractivity contribution in [3.63, 3.8) is 0 Å². The average Bonchev–Trinajstić information content (AvgIpc) is 3.28. The van der Waals surface area contributed by atoms with E-state index in [1.54, 1.807) is 24.3 Å². The lowest BCUT2D eigenvalue weighted by Crippen LogP contribution is -2.31. The minimum absolute atomic E-state index is 0.0732. The summed E-state index contributed by atoms with van der Waals surface area (Å²) in [6.07, 6.45) is 0. The molecule has 0 fully saturated rings. The van der Waals surface area contributed by atoms with E-state index >= 15 is 0 Å². The Labute approximate surface area is 228 Å². The molecule has 2 heterocycles. The number of anilines is 1. The molecule has 2 aromatic heterocycles. The number of nitrogens with one attached hydrogen (secondary N) is 1. The normalized spacial score (nSPS) is 15.1. The monoisotopic (exact) mass is 559 g/mol. The molecule has 0 saturated carbocycles. The predicted octanol–water partition coefficient (Wildman–Crippen LogP) is 6.76. The SMILES string of the molecule is CCOCc1nc2c(N)nc3ccccc3c2n1[C@H](C)CO[P@@](=O)(N[C@@H](C)C(C)C)Oc1ccc(Cl)cc1. The standard InChI is InChI=1S/C27H35ClN5O4P/c1-6-35-16-24-31-25-26(22-9-7-8-10-23(22)30-27(25)29)33(24)18(4)15-36-38(34,32-19(5)17(2)3)37-21-13-11-20(28)12-14-21/h7-14,17-19H,6,15-16H2,1-5H3,(H2,29,30)(H,32,34)/t18-,19+,38+/m1/s1. The Balaban J connectivity index is 1.70. The number of fused-ring (bicyclic) bond motifs is 3. The van der Waals surface area contributed by atoms with E-state index in [-0.39, 0.29) is 31.2 Å². The minimum atomic E-state index is -3.77. The van der Waals surface area contributed by atoms with Gasteiger partial charge in [0.2, 0.25) is 0 Å². The molecule has 38 heavy (non-hydrogen) atoms. The van der Waals surface area contributed by atoms with Gasteiger partial charge in [-0.05, 0) is 57.0 Å². The van der Waals surface area contributed by atoms with E-state index in [0.29, 0.717) is 34.5 Å². The maximum Gasteiger partial charge on any atom is 0.459 e. The first-order valence-corrected chi connectivity index (χ1v) is 14.6. The summed E-state index contributed by atoms with van der Waals surface area (Å²) in [5.41, 5.74) is 8.50. The molecule has 3 N–H and O–H groups in total. The predicted molar refractivity (Wildman–Crippen MR) is 153 cm³/mol. The quantitative estimate of drug-likeness (QED) is 0.183. The van der Waals surface area contributed by atoms with Crippen LogP contribution in [-0.4, -0.2) is 33.8 Å². The largest absolute Gasteiger partial charge is 0.459 e. The average molecular weight is 560 g/mol. The molecule has 4 rings (SSSR count). The summed E-state index contributed by atoms with van der Waals surface area (Å²) in [7, 11) is -3.77. The summed E-state index contributed by atoms with van der Waals surface area (Å²) in [6.45, 7) is 10.8. The van der Waals surface area contributed by atoms with Crippen molar-refractivity contribution >= 4 is 47.1 Å². The number of ether oxygens (including phenoxy) is 1.